The van der Waals surface area contributed by atoms with Gasteiger partial charge >= 0.3 is 0 Å². The average molecular weight is 369 g/mol. The van der Waals surface area contributed by atoms with Crippen molar-refractivity contribution in [3.05, 3.63) is 28.8 Å². The maximum Gasteiger partial charge on any atom is 0.244 e. The van der Waals surface area contributed by atoms with Gasteiger partial charge in [-0.3, -0.25) is 0 Å². The Morgan fingerprint density at radius 1 is 1.46 bits per heavy atom. The zero-order valence-corrected chi connectivity index (χ0v) is 15.1. The Balaban J connectivity index is 1.91. The van der Waals surface area contributed by atoms with Crippen molar-refractivity contribution in [1.29, 1.82) is 5.26 Å². The Hall–Kier alpha value is -1.13. The van der Waals surface area contributed by atoms with Gasteiger partial charge in [0.25, 0.3) is 0 Å². The molecule has 130 valence electrons. The maximum atomic E-state index is 13.0. The van der Waals surface area contributed by atoms with E-state index in [4.69, 9.17) is 16.9 Å². The first kappa shape index (κ1) is 17.7. The molecule has 1 N–H and O–H groups in total. The lowest BCUT2D eigenvalue weighted by atomic mass is 9.69. The SMILES string of the molecule is CC[C@@]1(O)CCC[C@@H]2CN(S(=O)(=O)c3ccc(C#N)cc3Cl)C[C@@H]21. The molecule has 1 aromatic carbocycles. The standard InChI is InChI=1S/C17H21ClN2O3S/c1-2-17(21)7-3-4-13-10-20(11-14(13)17)24(22,23)16-6-5-12(9-19)8-15(16)18/h5-6,8,13-14,21H,2-4,7,10-11H2,1H3/t13-,14+,17-/m1/s1. The molecule has 1 saturated heterocycles. The van der Waals surface area contributed by atoms with E-state index in [1.165, 1.54) is 22.5 Å². The minimum atomic E-state index is -3.73. The number of sulfonamides is 1. The summed E-state index contributed by atoms with van der Waals surface area (Å²) in [7, 11) is -3.73. The first-order valence-corrected chi connectivity index (χ1v) is 10.1. The third-order valence-corrected chi connectivity index (χ3v) is 7.89. The number of aliphatic hydroxyl groups is 1. The minimum Gasteiger partial charge on any atom is -0.390 e. The fraction of sp³-hybridized carbons (Fsp3) is 0.588. The zero-order chi connectivity index (χ0) is 17.5. The number of hydrogen-bond donors (Lipinski definition) is 1. The molecule has 1 heterocycles. The summed E-state index contributed by atoms with van der Waals surface area (Å²) >= 11 is 6.10. The van der Waals surface area contributed by atoms with E-state index in [0.717, 1.165) is 19.3 Å². The number of hydrogen-bond acceptors (Lipinski definition) is 4. The van der Waals surface area contributed by atoms with Crippen LogP contribution in [-0.2, 0) is 10.0 Å². The van der Waals surface area contributed by atoms with Crippen LogP contribution >= 0.6 is 11.6 Å². The van der Waals surface area contributed by atoms with Crippen LogP contribution in [-0.4, -0.2) is 36.5 Å². The fourth-order valence-electron chi connectivity index (χ4n) is 4.14. The smallest absolute Gasteiger partial charge is 0.244 e. The molecule has 3 rings (SSSR count). The van der Waals surface area contributed by atoms with Crippen molar-refractivity contribution in [2.24, 2.45) is 11.8 Å². The van der Waals surface area contributed by atoms with Crippen molar-refractivity contribution in [3.8, 4) is 6.07 Å². The van der Waals surface area contributed by atoms with Crippen LogP contribution in [0.4, 0.5) is 0 Å². The van der Waals surface area contributed by atoms with E-state index < -0.39 is 15.6 Å². The summed E-state index contributed by atoms with van der Waals surface area (Å²) < 4.78 is 27.4. The van der Waals surface area contributed by atoms with E-state index in [1.54, 1.807) is 0 Å². The van der Waals surface area contributed by atoms with Gasteiger partial charge in [-0.05, 0) is 43.4 Å². The summed E-state index contributed by atoms with van der Waals surface area (Å²) in [6, 6.07) is 6.18. The zero-order valence-electron chi connectivity index (χ0n) is 13.6. The van der Waals surface area contributed by atoms with E-state index in [-0.39, 0.29) is 21.8 Å². The normalized spacial score (nSPS) is 30.8. The molecule has 1 saturated carbocycles. The van der Waals surface area contributed by atoms with E-state index >= 15 is 0 Å². The highest BCUT2D eigenvalue weighted by Gasteiger charge is 2.50. The highest BCUT2D eigenvalue weighted by atomic mass is 35.5. The van der Waals surface area contributed by atoms with Gasteiger partial charge in [-0.15, -0.1) is 0 Å². The molecule has 2 aliphatic rings. The number of rotatable bonds is 3. The van der Waals surface area contributed by atoms with Crippen molar-refractivity contribution >= 4 is 21.6 Å². The predicted octanol–water partition coefficient (Wildman–Crippen LogP) is 2.77. The summed E-state index contributed by atoms with van der Waals surface area (Å²) in [6.07, 6.45) is 3.24. The van der Waals surface area contributed by atoms with Crippen molar-refractivity contribution in [2.75, 3.05) is 13.1 Å². The molecule has 7 heteroatoms. The predicted molar refractivity (Wildman–Crippen MR) is 91.0 cm³/mol. The molecule has 24 heavy (non-hydrogen) atoms. The van der Waals surface area contributed by atoms with Crippen molar-refractivity contribution < 1.29 is 13.5 Å². The van der Waals surface area contributed by atoms with Crippen LogP contribution in [0.3, 0.4) is 0 Å². The molecule has 0 amide bonds. The summed E-state index contributed by atoms with van der Waals surface area (Å²) in [5, 5.41) is 19.8. The molecule has 0 unspecified atom stereocenters. The van der Waals surface area contributed by atoms with Gasteiger partial charge in [-0.2, -0.15) is 9.57 Å². The number of nitrogens with zero attached hydrogens (tertiary/aromatic N) is 2. The van der Waals surface area contributed by atoms with Crippen LogP contribution in [0.5, 0.6) is 0 Å². The van der Waals surface area contributed by atoms with Gasteiger partial charge in [0.15, 0.2) is 0 Å². The lowest BCUT2D eigenvalue weighted by Gasteiger charge is -2.40. The Kier molecular flexibility index (Phi) is 4.65. The second kappa shape index (κ2) is 6.30. The second-order valence-corrected chi connectivity index (χ2v) is 9.11. The van der Waals surface area contributed by atoms with Crippen molar-refractivity contribution in [3.63, 3.8) is 0 Å². The number of halogens is 1. The minimum absolute atomic E-state index is 0.0248. The Morgan fingerprint density at radius 3 is 2.83 bits per heavy atom. The van der Waals surface area contributed by atoms with Crippen LogP contribution in [0.2, 0.25) is 5.02 Å². The molecule has 3 atom stereocenters. The molecular weight excluding hydrogens is 348 g/mol. The van der Waals surface area contributed by atoms with Crippen LogP contribution in [0.1, 0.15) is 38.2 Å². The van der Waals surface area contributed by atoms with Gasteiger partial charge in [-0.25, -0.2) is 8.42 Å². The molecule has 2 fully saturated rings. The average Bonchev–Trinajstić information content (AvgIpc) is 3.01. The van der Waals surface area contributed by atoms with Crippen LogP contribution in [0, 0.1) is 23.2 Å². The quantitative estimate of drug-likeness (QED) is 0.889. The Labute approximate surface area is 147 Å². The topological polar surface area (TPSA) is 81.4 Å². The van der Waals surface area contributed by atoms with Gasteiger partial charge in [-0.1, -0.05) is 24.9 Å². The van der Waals surface area contributed by atoms with Gasteiger partial charge in [0.2, 0.25) is 10.0 Å². The number of fused-ring (bicyclic) bond motifs is 1. The lowest BCUT2D eigenvalue weighted by Crippen LogP contribution is -2.44. The van der Waals surface area contributed by atoms with Crippen molar-refractivity contribution in [2.45, 2.75) is 43.1 Å². The molecule has 1 aliphatic carbocycles. The van der Waals surface area contributed by atoms with Gasteiger partial charge < -0.3 is 5.11 Å². The molecule has 1 aliphatic heterocycles. The van der Waals surface area contributed by atoms with E-state index in [1.807, 2.05) is 13.0 Å². The molecular formula is C17H21ClN2O3S. The summed E-state index contributed by atoms with van der Waals surface area (Å²) in [4.78, 5) is 0.0295. The van der Waals surface area contributed by atoms with E-state index in [0.29, 0.717) is 25.1 Å². The van der Waals surface area contributed by atoms with Crippen LogP contribution < -0.4 is 0 Å². The van der Waals surface area contributed by atoms with E-state index in [2.05, 4.69) is 0 Å². The monoisotopic (exact) mass is 368 g/mol. The number of nitriles is 1. The largest absolute Gasteiger partial charge is 0.390 e. The highest BCUT2D eigenvalue weighted by molar-refractivity contribution is 7.89. The first-order valence-electron chi connectivity index (χ1n) is 8.24. The van der Waals surface area contributed by atoms with E-state index in [9.17, 15) is 13.5 Å². The van der Waals surface area contributed by atoms with Crippen molar-refractivity contribution in [1.82, 2.24) is 4.31 Å². The third kappa shape index (κ3) is 2.84. The number of benzene rings is 1. The fourth-order valence-corrected chi connectivity index (χ4v) is 6.18. The molecule has 0 aromatic heterocycles. The Bertz CT molecular complexity index is 790. The van der Waals surface area contributed by atoms with Gasteiger partial charge in [0.1, 0.15) is 4.90 Å². The molecule has 0 radical (unpaired) electrons. The van der Waals surface area contributed by atoms with Crippen LogP contribution in [0.15, 0.2) is 23.1 Å². The molecule has 0 bridgehead atoms. The molecule has 0 spiro atoms. The van der Waals surface area contributed by atoms with Gasteiger partial charge in [0, 0.05) is 19.0 Å². The van der Waals surface area contributed by atoms with Crippen LogP contribution in [0.25, 0.3) is 0 Å². The highest BCUT2D eigenvalue weighted by Crippen LogP contribution is 2.45. The second-order valence-electron chi connectivity index (χ2n) is 6.79. The summed E-state index contributed by atoms with van der Waals surface area (Å²) in [6.45, 7) is 2.70. The first-order chi connectivity index (χ1) is 11.3. The summed E-state index contributed by atoms with van der Waals surface area (Å²) in [5.74, 6) is 0.166. The molecule has 5 nitrogen and oxygen atoms in total. The summed E-state index contributed by atoms with van der Waals surface area (Å²) in [5.41, 5.74) is -0.448. The Morgan fingerprint density at radius 2 is 2.21 bits per heavy atom. The maximum absolute atomic E-state index is 13.0. The van der Waals surface area contributed by atoms with Gasteiger partial charge in [0.05, 0.1) is 22.3 Å². The third-order valence-electron chi connectivity index (χ3n) is 5.57. The molecule has 1 aromatic rings. The lowest BCUT2D eigenvalue weighted by molar-refractivity contribution is -0.0605.